The van der Waals surface area contributed by atoms with Crippen molar-refractivity contribution in [3.8, 4) is 0 Å². The summed E-state index contributed by atoms with van der Waals surface area (Å²) in [4.78, 5) is 38.2. The molecule has 0 aliphatic carbocycles. The van der Waals surface area contributed by atoms with Crippen molar-refractivity contribution in [1.82, 2.24) is 0 Å². The molecule has 0 saturated carbocycles. The molecular formula is C72H122O6. The lowest BCUT2D eigenvalue weighted by Gasteiger charge is -2.18. The zero-order valence-corrected chi connectivity index (χ0v) is 51.2. The Balaban J connectivity index is 4.24. The summed E-state index contributed by atoms with van der Waals surface area (Å²) >= 11 is 0. The van der Waals surface area contributed by atoms with Gasteiger partial charge in [-0.05, 0) is 122 Å². The Labute approximate surface area is 482 Å². The summed E-state index contributed by atoms with van der Waals surface area (Å²) < 4.78 is 16.9. The minimum absolute atomic E-state index is 0.0863. The molecule has 0 bridgehead atoms. The predicted octanol–water partition coefficient (Wildman–Crippen LogP) is 22.6. The van der Waals surface area contributed by atoms with E-state index in [1.54, 1.807) is 0 Å². The Morgan fingerprint density at radius 3 is 0.846 bits per heavy atom. The monoisotopic (exact) mass is 1080 g/mol. The van der Waals surface area contributed by atoms with Gasteiger partial charge in [-0.15, -0.1) is 0 Å². The molecule has 446 valence electrons. The van der Waals surface area contributed by atoms with Gasteiger partial charge in [-0.25, -0.2) is 0 Å². The van der Waals surface area contributed by atoms with Crippen molar-refractivity contribution in [3.63, 3.8) is 0 Å². The van der Waals surface area contributed by atoms with Crippen molar-refractivity contribution >= 4 is 17.9 Å². The number of ether oxygens (including phenoxy) is 3. The molecule has 1 atom stereocenters. The third-order valence-electron chi connectivity index (χ3n) is 14.0. The molecule has 1 unspecified atom stereocenters. The molecule has 0 aromatic heterocycles. The molecule has 0 saturated heterocycles. The number of hydrogen-bond donors (Lipinski definition) is 0. The highest BCUT2D eigenvalue weighted by atomic mass is 16.6. The third kappa shape index (κ3) is 62.9. The van der Waals surface area contributed by atoms with E-state index in [-0.39, 0.29) is 31.1 Å². The van der Waals surface area contributed by atoms with Gasteiger partial charge in [-0.3, -0.25) is 14.4 Å². The summed E-state index contributed by atoms with van der Waals surface area (Å²) in [5, 5.41) is 0. The molecule has 0 aromatic carbocycles. The van der Waals surface area contributed by atoms with Crippen LogP contribution in [0.25, 0.3) is 0 Å². The normalized spacial score (nSPS) is 12.8. The molecule has 0 aliphatic heterocycles. The second-order valence-electron chi connectivity index (χ2n) is 21.6. The van der Waals surface area contributed by atoms with Crippen LogP contribution in [0.4, 0.5) is 0 Å². The van der Waals surface area contributed by atoms with Crippen LogP contribution in [0, 0.1) is 0 Å². The van der Waals surface area contributed by atoms with Crippen molar-refractivity contribution in [1.29, 1.82) is 0 Å². The van der Waals surface area contributed by atoms with Crippen LogP contribution in [0.5, 0.6) is 0 Å². The van der Waals surface area contributed by atoms with Crippen LogP contribution in [0.1, 0.15) is 310 Å². The van der Waals surface area contributed by atoms with E-state index in [0.29, 0.717) is 19.3 Å². The first-order valence-electron chi connectivity index (χ1n) is 32.9. The fourth-order valence-electron chi connectivity index (χ4n) is 9.07. The fraction of sp³-hybridized carbons (Fsp3) is 0.708. The van der Waals surface area contributed by atoms with Gasteiger partial charge < -0.3 is 14.2 Å². The summed E-state index contributed by atoms with van der Waals surface area (Å²) in [5.74, 6) is -0.904. The highest BCUT2D eigenvalue weighted by molar-refractivity contribution is 5.71. The SMILES string of the molecule is CC/C=C\C/C=C\C/C=C\C/C=C\C/C=C\CCCCCCCCCCCCCCCC(=O)OCC(COC(=O)CCCCCCC/C=C\CCC)OC(=O)CCCCCCCC/C=C\C/C=C\C/C=C\CCCCCCC. The van der Waals surface area contributed by atoms with Gasteiger partial charge in [0.15, 0.2) is 6.10 Å². The highest BCUT2D eigenvalue weighted by Crippen LogP contribution is 2.16. The molecule has 0 aliphatic rings. The van der Waals surface area contributed by atoms with Crippen molar-refractivity contribution in [2.24, 2.45) is 0 Å². The molecule has 0 spiro atoms. The van der Waals surface area contributed by atoms with E-state index >= 15 is 0 Å². The van der Waals surface area contributed by atoms with Gasteiger partial charge in [-0.2, -0.15) is 0 Å². The van der Waals surface area contributed by atoms with E-state index in [9.17, 15) is 14.4 Å². The largest absolute Gasteiger partial charge is 0.462 e. The first-order valence-corrected chi connectivity index (χ1v) is 32.9. The molecule has 0 rings (SSSR count). The molecule has 0 fully saturated rings. The van der Waals surface area contributed by atoms with Gasteiger partial charge in [0.1, 0.15) is 13.2 Å². The number of esters is 3. The molecule has 0 heterocycles. The smallest absolute Gasteiger partial charge is 0.306 e. The molecular weight excluding hydrogens is 961 g/mol. The fourth-order valence-corrected chi connectivity index (χ4v) is 9.07. The first kappa shape index (κ1) is 74.1. The molecule has 6 heteroatoms. The van der Waals surface area contributed by atoms with Crippen LogP contribution in [-0.4, -0.2) is 37.2 Å². The van der Waals surface area contributed by atoms with Crippen molar-refractivity contribution in [3.05, 3.63) is 109 Å². The summed E-state index contributed by atoms with van der Waals surface area (Å²) in [6.07, 6.45) is 89.6. The topological polar surface area (TPSA) is 78.9 Å². The quantitative estimate of drug-likeness (QED) is 0.0261. The van der Waals surface area contributed by atoms with E-state index in [1.807, 2.05) is 0 Å². The number of unbranched alkanes of at least 4 members (excludes halogenated alkanes) is 30. The maximum Gasteiger partial charge on any atom is 0.306 e. The van der Waals surface area contributed by atoms with E-state index < -0.39 is 6.10 Å². The lowest BCUT2D eigenvalue weighted by atomic mass is 10.0. The first-order chi connectivity index (χ1) is 38.5. The minimum Gasteiger partial charge on any atom is -0.462 e. The second kappa shape index (κ2) is 65.6. The maximum atomic E-state index is 12.9. The van der Waals surface area contributed by atoms with Crippen LogP contribution in [0.15, 0.2) is 109 Å². The number of hydrogen-bond acceptors (Lipinski definition) is 6. The number of carbonyl (C=O) groups excluding carboxylic acids is 3. The van der Waals surface area contributed by atoms with Gasteiger partial charge in [0.2, 0.25) is 0 Å². The third-order valence-corrected chi connectivity index (χ3v) is 14.0. The lowest BCUT2D eigenvalue weighted by molar-refractivity contribution is -0.167. The van der Waals surface area contributed by atoms with Gasteiger partial charge >= 0.3 is 17.9 Å². The Morgan fingerprint density at radius 1 is 0.269 bits per heavy atom. The van der Waals surface area contributed by atoms with Crippen LogP contribution in [0.2, 0.25) is 0 Å². The molecule has 0 N–H and O–H groups in total. The zero-order chi connectivity index (χ0) is 56.4. The van der Waals surface area contributed by atoms with E-state index in [0.717, 1.165) is 135 Å². The van der Waals surface area contributed by atoms with Crippen LogP contribution >= 0.6 is 0 Å². The Kier molecular flexibility index (Phi) is 62.3. The molecule has 0 amide bonds. The molecule has 0 aromatic rings. The maximum absolute atomic E-state index is 12.9. The van der Waals surface area contributed by atoms with Crippen LogP contribution in [0.3, 0.4) is 0 Å². The Bertz CT molecular complexity index is 1570. The number of rotatable bonds is 59. The number of carbonyl (C=O) groups is 3. The van der Waals surface area contributed by atoms with Crippen LogP contribution in [-0.2, 0) is 28.6 Å². The van der Waals surface area contributed by atoms with Gasteiger partial charge in [0.25, 0.3) is 0 Å². The second-order valence-corrected chi connectivity index (χ2v) is 21.6. The van der Waals surface area contributed by atoms with Gasteiger partial charge in [-0.1, -0.05) is 278 Å². The summed E-state index contributed by atoms with van der Waals surface area (Å²) in [5.41, 5.74) is 0. The summed E-state index contributed by atoms with van der Waals surface area (Å²) in [7, 11) is 0. The van der Waals surface area contributed by atoms with Crippen molar-refractivity contribution < 1.29 is 28.6 Å². The van der Waals surface area contributed by atoms with E-state index in [1.165, 1.54) is 135 Å². The van der Waals surface area contributed by atoms with E-state index in [2.05, 4.69) is 130 Å². The molecule has 78 heavy (non-hydrogen) atoms. The number of allylic oxidation sites excluding steroid dienone is 18. The Morgan fingerprint density at radius 2 is 0.526 bits per heavy atom. The Hall–Kier alpha value is -3.93. The van der Waals surface area contributed by atoms with E-state index in [4.69, 9.17) is 14.2 Å². The average Bonchev–Trinajstić information content (AvgIpc) is 3.44. The standard InChI is InChI=1S/C72H122O6/c1-4-7-10-13-16-19-22-24-26-28-30-32-33-34-35-36-37-38-39-41-42-44-46-48-50-53-56-59-62-65-71(74)77-68-69(67-76-70(73)64-61-58-55-52-21-18-15-12-9-6-3)78-72(75)66-63-60-57-54-51-49-47-45-43-40-31-29-27-25-23-20-17-14-11-8-5-2/h7,10,12,15-16,19,23-26,29-32,34-35,43,45,69H,4-6,8-9,11,13-14,17-18,20-22,27-28,33,36-42,44,46-68H2,1-3H3/b10-7-,15-12-,19-16-,25-23-,26-24-,31-29-,32-30-,35-34-,45-43-. The average molecular weight is 1080 g/mol. The van der Waals surface area contributed by atoms with Crippen molar-refractivity contribution in [2.75, 3.05) is 13.2 Å². The molecule has 0 radical (unpaired) electrons. The van der Waals surface area contributed by atoms with Gasteiger partial charge in [0.05, 0.1) is 0 Å². The summed E-state index contributed by atoms with van der Waals surface area (Å²) in [6, 6.07) is 0. The van der Waals surface area contributed by atoms with Crippen LogP contribution < -0.4 is 0 Å². The summed E-state index contributed by atoms with van der Waals surface area (Å²) in [6.45, 7) is 6.45. The minimum atomic E-state index is -0.790. The van der Waals surface area contributed by atoms with Gasteiger partial charge in [0, 0.05) is 19.3 Å². The lowest BCUT2D eigenvalue weighted by Crippen LogP contribution is -2.30. The highest BCUT2D eigenvalue weighted by Gasteiger charge is 2.19. The molecule has 6 nitrogen and oxygen atoms in total. The predicted molar refractivity (Wildman–Crippen MR) is 339 cm³/mol. The zero-order valence-electron chi connectivity index (χ0n) is 51.2. The van der Waals surface area contributed by atoms with Crippen molar-refractivity contribution in [2.45, 2.75) is 316 Å².